The van der Waals surface area contributed by atoms with Crippen molar-refractivity contribution in [2.45, 2.75) is 32.4 Å². The molecule has 8 heteroatoms. The number of ether oxygens (including phenoxy) is 2. The van der Waals surface area contributed by atoms with Crippen LogP contribution in [0.1, 0.15) is 48.3 Å². The lowest BCUT2D eigenvalue weighted by atomic mass is 9.99. The zero-order valence-electron chi connectivity index (χ0n) is 19.0. The first-order valence-electron chi connectivity index (χ1n) is 11.5. The van der Waals surface area contributed by atoms with Crippen LogP contribution in [0.2, 0.25) is 0 Å². The number of rotatable bonds is 6. The van der Waals surface area contributed by atoms with Crippen LogP contribution < -0.4 is 14.8 Å². The summed E-state index contributed by atoms with van der Waals surface area (Å²) in [6.45, 7) is 6.35. The van der Waals surface area contributed by atoms with Crippen LogP contribution in [0.25, 0.3) is 0 Å². The molecular weight excluding hydrogens is 484 g/mol. The summed E-state index contributed by atoms with van der Waals surface area (Å²) in [4.78, 5) is 21.8. The highest BCUT2D eigenvalue weighted by atomic mass is 79.9. The van der Waals surface area contributed by atoms with E-state index in [-0.39, 0.29) is 12.1 Å². The number of benzene rings is 2. The molecule has 2 aromatic rings. The molecule has 0 saturated carbocycles. The Hall–Kier alpha value is -2.58. The van der Waals surface area contributed by atoms with Gasteiger partial charge in [0.05, 0.1) is 25.0 Å². The number of amides is 1. The van der Waals surface area contributed by atoms with Crippen LogP contribution >= 0.6 is 15.9 Å². The number of piperidine rings is 1. The minimum atomic E-state index is -0.345. The fourth-order valence-electron chi connectivity index (χ4n) is 4.69. The maximum absolute atomic E-state index is 13.1. The molecule has 174 valence electrons. The predicted octanol–water partition coefficient (Wildman–Crippen LogP) is 5.20. The van der Waals surface area contributed by atoms with Gasteiger partial charge >= 0.3 is 0 Å². The standard InChI is InChI=1S/C25H29BrN4O3/c1-16-6-9-29(10-7-16)8-3-11-33-23-13-18-21(14-22(23)32-2)27-15-30-24(18)28-20-5-4-17(26)12-19(20)25(30)31/h4-5,12-16,24,28H,3,6-11H2,1-2H3. The number of halogens is 1. The Morgan fingerprint density at radius 1 is 1.18 bits per heavy atom. The average molecular weight is 513 g/mol. The van der Waals surface area contributed by atoms with Crippen LogP contribution in [0.5, 0.6) is 11.5 Å². The Balaban J connectivity index is 1.32. The zero-order chi connectivity index (χ0) is 22.9. The van der Waals surface area contributed by atoms with Crippen molar-refractivity contribution in [1.29, 1.82) is 0 Å². The van der Waals surface area contributed by atoms with Gasteiger partial charge in [-0.05, 0) is 62.5 Å². The van der Waals surface area contributed by atoms with Crippen LogP contribution in [0.15, 0.2) is 39.8 Å². The van der Waals surface area contributed by atoms with Crippen LogP contribution in [0, 0.1) is 5.92 Å². The SMILES string of the molecule is COc1cc2c(cc1OCCCN1CCC(C)CC1)C1Nc3ccc(Br)cc3C(=O)N1C=N2. The Labute approximate surface area is 202 Å². The number of hydrogen-bond donors (Lipinski definition) is 1. The molecule has 0 aliphatic carbocycles. The predicted molar refractivity (Wildman–Crippen MR) is 133 cm³/mol. The molecule has 7 nitrogen and oxygen atoms in total. The minimum Gasteiger partial charge on any atom is -0.493 e. The smallest absolute Gasteiger partial charge is 0.263 e. The van der Waals surface area contributed by atoms with E-state index in [0.29, 0.717) is 23.7 Å². The van der Waals surface area contributed by atoms with E-state index in [1.54, 1.807) is 18.3 Å². The van der Waals surface area contributed by atoms with Crippen molar-refractivity contribution in [1.82, 2.24) is 9.80 Å². The summed E-state index contributed by atoms with van der Waals surface area (Å²) in [6.07, 6.45) is 4.77. The lowest BCUT2D eigenvalue weighted by Crippen LogP contribution is -2.43. The highest BCUT2D eigenvalue weighted by molar-refractivity contribution is 9.10. The normalized spacial score (nSPS) is 20.0. The summed E-state index contributed by atoms with van der Waals surface area (Å²) < 4.78 is 12.6. The number of fused-ring (bicyclic) bond motifs is 4. The van der Waals surface area contributed by atoms with Crippen molar-refractivity contribution >= 4 is 39.6 Å². The van der Waals surface area contributed by atoms with Gasteiger partial charge < -0.3 is 19.7 Å². The van der Waals surface area contributed by atoms with E-state index in [1.807, 2.05) is 30.3 Å². The first-order chi connectivity index (χ1) is 16.0. The largest absolute Gasteiger partial charge is 0.493 e. The Bertz CT molecular complexity index is 1080. The number of carbonyl (C=O) groups excluding carboxylic acids is 1. The van der Waals surface area contributed by atoms with Gasteiger partial charge in [0.2, 0.25) is 0 Å². The molecule has 0 spiro atoms. The molecule has 3 heterocycles. The summed E-state index contributed by atoms with van der Waals surface area (Å²) in [5.41, 5.74) is 3.08. The third kappa shape index (κ3) is 4.46. The topological polar surface area (TPSA) is 66.4 Å². The van der Waals surface area contributed by atoms with Gasteiger partial charge in [-0.3, -0.25) is 9.69 Å². The number of likely N-dealkylation sites (tertiary alicyclic amines) is 1. The Kier molecular flexibility index (Phi) is 6.29. The van der Waals surface area contributed by atoms with Crippen molar-refractivity contribution in [2.24, 2.45) is 10.9 Å². The molecule has 1 N–H and O–H groups in total. The maximum atomic E-state index is 13.1. The lowest BCUT2D eigenvalue weighted by molar-refractivity contribution is 0.0807. The molecule has 0 aromatic heterocycles. The molecule has 1 saturated heterocycles. The minimum absolute atomic E-state index is 0.0846. The van der Waals surface area contributed by atoms with E-state index < -0.39 is 0 Å². The quantitative estimate of drug-likeness (QED) is 0.538. The highest BCUT2D eigenvalue weighted by Gasteiger charge is 2.36. The number of hydrogen-bond acceptors (Lipinski definition) is 6. The van der Waals surface area contributed by atoms with E-state index in [9.17, 15) is 4.79 Å². The van der Waals surface area contributed by atoms with Crippen molar-refractivity contribution < 1.29 is 14.3 Å². The number of methoxy groups -OCH3 is 1. The van der Waals surface area contributed by atoms with Crippen molar-refractivity contribution in [2.75, 3.05) is 38.7 Å². The van der Waals surface area contributed by atoms with Gasteiger partial charge in [0.15, 0.2) is 11.5 Å². The van der Waals surface area contributed by atoms with Crippen molar-refractivity contribution in [3.63, 3.8) is 0 Å². The maximum Gasteiger partial charge on any atom is 0.263 e. The molecule has 0 bridgehead atoms. The van der Waals surface area contributed by atoms with Gasteiger partial charge in [0, 0.05) is 28.3 Å². The second kappa shape index (κ2) is 9.35. The van der Waals surface area contributed by atoms with Crippen molar-refractivity contribution in [3.8, 4) is 11.5 Å². The van der Waals surface area contributed by atoms with Crippen molar-refractivity contribution in [3.05, 3.63) is 45.9 Å². The average Bonchev–Trinajstić information content (AvgIpc) is 2.83. The summed E-state index contributed by atoms with van der Waals surface area (Å²) in [6, 6.07) is 9.51. The molecule has 1 amide bonds. The first-order valence-corrected chi connectivity index (χ1v) is 12.3. The number of anilines is 1. The monoisotopic (exact) mass is 512 g/mol. The van der Waals surface area contributed by atoms with Gasteiger partial charge in [0.1, 0.15) is 12.5 Å². The second-order valence-electron chi connectivity index (χ2n) is 8.98. The van der Waals surface area contributed by atoms with Crippen LogP contribution in [0.4, 0.5) is 11.4 Å². The summed E-state index contributed by atoms with van der Waals surface area (Å²) in [7, 11) is 1.64. The molecule has 1 atom stereocenters. The van der Waals surface area contributed by atoms with E-state index in [4.69, 9.17) is 9.47 Å². The fourth-order valence-corrected chi connectivity index (χ4v) is 5.05. The molecule has 2 aromatic carbocycles. The second-order valence-corrected chi connectivity index (χ2v) is 9.90. The molecule has 3 aliphatic rings. The Morgan fingerprint density at radius 2 is 2.00 bits per heavy atom. The zero-order valence-corrected chi connectivity index (χ0v) is 20.6. The van der Waals surface area contributed by atoms with Gasteiger partial charge in [-0.1, -0.05) is 22.9 Å². The molecule has 5 rings (SSSR count). The van der Waals surface area contributed by atoms with E-state index in [2.05, 4.69) is 38.1 Å². The molecule has 1 fully saturated rings. The van der Waals surface area contributed by atoms with E-state index >= 15 is 0 Å². The van der Waals surface area contributed by atoms with Crippen LogP contribution in [-0.4, -0.2) is 55.4 Å². The third-order valence-electron chi connectivity index (χ3n) is 6.70. The summed E-state index contributed by atoms with van der Waals surface area (Å²) in [5, 5.41) is 3.48. The number of nitrogens with one attached hydrogen (secondary N) is 1. The van der Waals surface area contributed by atoms with Gasteiger partial charge in [-0.15, -0.1) is 0 Å². The van der Waals surface area contributed by atoms with Gasteiger partial charge in [0.25, 0.3) is 5.91 Å². The highest BCUT2D eigenvalue weighted by Crippen LogP contribution is 2.44. The van der Waals surface area contributed by atoms with Crippen LogP contribution in [-0.2, 0) is 0 Å². The Morgan fingerprint density at radius 3 is 2.79 bits per heavy atom. The lowest BCUT2D eigenvalue weighted by Gasteiger charge is -2.38. The van der Waals surface area contributed by atoms with E-state index in [0.717, 1.165) is 40.3 Å². The van der Waals surface area contributed by atoms with Gasteiger partial charge in [-0.2, -0.15) is 0 Å². The summed E-state index contributed by atoms with van der Waals surface area (Å²) in [5.74, 6) is 2.08. The fraction of sp³-hybridized carbons (Fsp3) is 0.440. The summed E-state index contributed by atoms with van der Waals surface area (Å²) >= 11 is 3.45. The molecular formula is C25H29BrN4O3. The molecule has 3 aliphatic heterocycles. The molecule has 33 heavy (non-hydrogen) atoms. The third-order valence-corrected chi connectivity index (χ3v) is 7.19. The molecule has 1 unspecified atom stereocenters. The van der Waals surface area contributed by atoms with Crippen LogP contribution in [0.3, 0.4) is 0 Å². The van der Waals surface area contributed by atoms with Gasteiger partial charge in [-0.25, -0.2) is 4.99 Å². The number of aliphatic imine (C=N–C) groups is 1. The first kappa shape index (κ1) is 22.2. The number of nitrogens with zero attached hydrogens (tertiary/aromatic N) is 3. The molecule has 0 radical (unpaired) electrons. The number of carbonyl (C=O) groups is 1. The van der Waals surface area contributed by atoms with E-state index in [1.165, 1.54) is 25.9 Å².